The molecule has 0 spiro atoms. The SMILES string of the molecule is CC1Cc2cc3c(c([SH](=O)=O)c2C1)/C=C(/C1CC1)CC/C=C\3. The van der Waals surface area contributed by atoms with Crippen LogP contribution in [0.15, 0.2) is 22.6 Å². The molecule has 0 N–H and O–H groups in total. The Hall–Kier alpha value is -1.35. The van der Waals surface area contributed by atoms with Gasteiger partial charge in [0.25, 0.3) is 0 Å². The average Bonchev–Trinajstić information content (AvgIpc) is 3.20. The van der Waals surface area contributed by atoms with E-state index in [9.17, 15) is 8.42 Å². The van der Waals surface area contributed by atoms with Crippen molar-refractivity contribution in [3.63, 3.8) is 0 Å². The quantitative estimate of drug-likeness (QED) is 0.838. The molecule has 1 fully saturated rings. The number of thiol groups is 1. The van der Waals surface area contributed by atoms with Crippen LogP contribution in [0.5, 0.6) is 0 Å². The van der Waals surface area contributed by atoms with E-state index in [1.807, 2.05) is 0 Å². The molecule has 0 saturated heterocycles. The predicted octanol–water partition coefficient (Wildman–Crippen LogP) is 3.99. The van der Waals surface area contributed by atoms with Gasteiger partial charge in [-0.05, 0) is 67.1 Å². The van der Waals surface area contributed by atoms with Crippen molar-refractivity contribution < 1.29 is 8.42 Å². The van der Waals surface area contributed by atoms with Crippen molar-refractivity contribution in [3.8, 4) is 0 Å². The van der Waals surface area contributed by atoms with Gasteiger partial charge in [-0.1, -0.05) is 36.8 Å². The highest BCUT2D eigenvalue weighted by Crippen LogP contribution is 2.42. The van der Waals surface area contributed by atoms with Gasteiger partial charge in [-0.25, -0.2) is 8.42 Å². The zero-order valence-electron chi connectivity index (χ0n) is 13.0. The zero-order valence-corrected chi connectivity index (χ0v) is 13.9. The largest absolute Gasteiger partial charge is 0.227 e. The summed E-state index contributed by atoms with van der Waals surface area (Å²) in [6.07, 6.45) is 13.1. The predicted molar refractivity (Wildman–Crippen MR) is 90.6 cm³/mol. The van der Waals surface area contributed by atoms with Crippen LogP contribution in [0.1, 0.15) is 54.9 Å². The Kier molecular flexibility index (Phi) is 3.48. The van der Waals surface area contributed by atoms with E-state index in [0.29, 0.717) is 16.7 Å². The van der Waals surface area contributed by atoms with Crippen LogP contribution in [-0.4, -0.2) is 8.42 Å². The summed E-state index contributed by atoms with van der Waals surface area (Å²) in [7, 11) is -2.55. The maximum absolute atomic E-state index is 12.0. The van der Waals surface area contributed by atoms with Gasteiger partial charge < -0.3 is 0 Å². The number of hydrogen-bond donors (Lipinski definition) is 1. The summed E-state index contributed by atoms with van der Waals surface area (Å²) in [5, 5.41) is 0. The summed E-state index contributed by atoms with van der Waals surface area (Å²) in [6, 6.07) is 2.24. The lowest BCUT2D eigenvalue weighted by molar-refractivity contribution is 0.609. The summed E-state index contributed by atoms with van der Waals surface area (Å²) >= 11 is 0. The minimum atomic E-state index is -2.55. The van der Waals surface area contributed by atoms with E-state index in [0.717, 1.165) is 42.4 Å². The van der Waals surface area contributed by atoms with E-state index in [-0.39, 0.29) is 0 Å². The Labute approximate surface area is 133 Å². The molecule has 1 saturated carbocycles. The Morgan fingerprint density at radius 1 is 1.18 bits per heavy atom. The molecule has 0 heterocycles. The molecule has 0 aliphatic heterocycles. The van der Waals surface area contributed by atoms with Crippen LogP contribution in [0.2, 0.25) is 0 Å². The van der Waals surface area contributed by atoms with Gasteiger partial charge in [-0.3, -0.25) is 0 Å². The first-order chi connectivity index (χ1) is 10.6. The van der Waals surface area contributed by atoms with Crippen LogP contribution < -0.4 is 0 Å². The lowest BCUT2D eigenvalue weighted by atomic mass is 9.93. The van der Waals surface area contributed by atoms with Crippen LogP contribution >= 0.6 is 0 Å². The van der Waals surface area contributed by atoms with Crippen molar-refractivity contribution >= 4 is 22.9 Å². The Bertz CT molecular complexity index is 756. The minimum absolute atomic E-state index is 0.549. The van der Waals surface area contributed by atoms with Crippen molar-refractivity contribution in [3.05, 3.63) is 40.0 Å². The average molecular weight is 314 g/mol. The molecule has 1 aromatic rings. The molecule has 0 radical (unpaired) electrons. The maximum Gasteiger partial charge on any atom is 0.169 e. The summed E-state index contributed by atoms with van der Waals surface area (Å²) in [5.41, 5.74) is 5.84. The maximum atomic E-state index is 12.0. The molecular formula is C19H22O2S. The summed E-state index contributed by atoms with van der Waals surface area (Å²) in [6.45, 7) is 2.21. The number of rotatable bonds is 2. The normalized spacial score (nSPS) is 27.5. The third kappa shape index (κ3) is 2.45. The second kappa shape index (κ2) is 5.38. The number of allylic oxidation sites excluding steroid dienone is 2. The number of fused-ring (bicyclic) bond motifs is 2. The second-order valence-corrected chi connectivity index (χ2v) is 8.03. The fourth-order valence-corrected chi connectivity index (χ4v) is 4.85. The molecule has 2 nitrogen and oxygen atoms in total. The van der Waals surface area contributed by atoms with Crippen LogP contribution in [0.25, 0.3) is 12.2 Å². The van der Waals surface area contributed by atoms with E-state index < -0.39 is 10.7 Å². The smallest absolute Gasteiger partial charge is 0.169 e. The van der Waals surface area contributed by atoms with E-state index >= 15 is 0 Å². The number of benzene rings is 1. The topological polar surface area (TPSA) is 34.1 Å². The molecule has 116 valence electrons. The molecule has 1 atom stereocenters. The third-order valence-electron chi connectivity index (χ3n) is 5.20. The van der Waals surface area contributed by atoms with Crippen LogP contribution in [0.4, 0.5) is 0 Å². The second-order valence-electron chi connectivity index (χ2n) is 7.07. The van der Waals surface area contributed by atoms with Crippen molar-refractivity contribution in [1.82, 2.24) is 0 Å². The molecule has 22 heavy (non-hydrogen) atoms. The summed E-state index contributed by atoms with van der Waals surface area (Å²) in [5.74, 6) is 1.25. The highest BCUT2D eigenvalue weighted by atomic mass is 32.2. The van der Waals surface area contributed by atoms with Crippen molar-refractivity contribution in [2.75, 3.05) is 0 Å². The molecule has 0 amide bonds. The Balaban J connectivity index is 1.97. The number of hydrogen-bond acceptors (Lipinski definition) is 2. The highest BCUT2D eigenvalue weighted by molar-refractivity contribution is 7.72. The molecule has 3 heteroatoms. The van der Waals surface area contributed by atoms with E-state index in [2.05, 4.69) is 31.2 Å². The first-order valence-corrected chi connectivity index (χ1v) is 9.51. The third-order valence-corrected chi connectivity index (χ3v) is 6.08. The van der Waals surface area contributed by atoms with Crippen LogP contribution in [0, 0.1) is 11.8 Å². The van der Waals surface area contributed by atoms with Crippen LogP contribution in [-0.2, 0) is 23.5 Å². The van der Waals surface area contributed by atoms with Crippen molar-refractivity contribution in [2.24, 2.45) is 11.8 Å². The van der Waals surface area contributed by atoms with Gasteiger partial charge in [-0.15, -0.1) is 0 Å². The van der Waals surface area contributed by atoms with Gasteiger partial charge in [0.1, 0.15) is 0 Å². The van der Waals surface area contributed by atoms with Gasteiger partial charge in [0.15, 0.2) is 10.7 Å². The van der Waals surface area contributed by atoms with E-state index in [1.54, 1.807) is 0 Å². The molecule has 0 bridgehead atoms. The van der Waals surface area contributed by atoms with E-state index in [1.165, 1.54) is 24.0 Å². The lowest BCUT2D eigenvalue weighted by Gasteiger charge is -2.15. The van der Waals surface area contributed by atoms with Gasteiger partial charge in [0, 0.05) is 5.56 Å². The molecular weight excluding hydrogens is 292 g/mol. The standard InChI is InChI=1S/C19H22O2S/c1-12-8-16-10-15-5-3-2-4-14(13-6-7-13)11-18(15)19(22(20)21)17(16)9-12/h3,5,10-13,22H,2,4,6-9H2,1H3/b5-3-,14-11+. The molecule has 1 unspecified atom stereocenters. The zero-order chi connectivity index (χ0) is 15.3. The molecule has 3 aliphatic rings. The fourth-order valence-electron chi connectivity index (χ4n) is 4.00. The van der Waals surface area contributed by atoms with Crippen molar-refractivity contribution in [2.45, 2.75) is 50.3 Å². The fraction of sp³-hybridized carbons (Fsp3) is 0.474. The molecule has 4 rings (SSSR count). The monoisotopic (exact) mass is 314 g/mol. The first-order valence-electron chi connectivity index (χ1n) is 8.33. The van der Waals surface area contributed by atoms with Crippen molar-refractivity contribution in [1.29, 1.82) is 0 Å². The Morgan fingerprint density at radius 3 is 2.73 bits per heavy atom. The Morgan fingerprint density at radius 2 is 2.00 bits per heavy atom. The molecule has 0 aromatic heterocycles. The van der Waals surface area contributed by atoms with Gasteiger partial charge in [-0.2, -0.15) is 0 Å². The summed E-state index contributed by atoms with van der Waals surface area (Å²) in [4.78, 5) is 0.608. The highest BCUT2D eigenvalue weighted by Gasteiger charge is 2.29. The van der Waals surface area contributed by atoms with Crippen LogP contribution in [0.3, 0.4) is 0 Å². The lowest BCUT2D eigenvalue weighted by Crippen LogP contribution is -2.01. The van der Waals surface area contributed by atoms with Gasteiger partial charge >= 0.3 is 0 Å². The first kappa shape index (κ1) is 14.3. The van der Waals surface area contributed by atoms with Gasteiger partial charge in [0.05, 0.1) is 4.90 Å². The summed E-state index contributed by atoms with van der Waals surface area (Å²) < 4.78 is 24.0. The van der Waals surface area contributed by atoms with E-state index in [4.69, 9.17) is 0 Å². The van der Waals surface area contributed by atoms with Gasteiger partial charge in [0.2, 0.25) is 0 Å². The molecule has 3 aliphatic carbocycles. The minimum Gasteiger partial charge on any atom is -0.227 e. The molecule has 1 aromatic carbocycles.